The van der Waals surface area contributed by atoms with E-state index in [1.807, 2.05) is 90.9 Å². The van der Waals surface area contributed by atoms with Crippen molar-refractivity contribution in [1.29, 1.82) is 0 Å². The number of ether oxygens (including phenoxy) is 2. The zero-order chi connectivity index (χ0) is 67.7. The van der Waals surface area contributed by atoms with E-state index in [-0.39, 0.29) is 21.5 Å². The van der Waals surface area contributed by atoms with E-state index in [1.165, 1.54) is 75.3 Å². The third-order valence-corrected chi connectivity index (χ3v) is 28.7. The van der Waals surface area contributed by atoms with Crippen molar-refractivity contribution in [1.82, 2.24) is 21.3 Å². The molecule has 2 fully saturated rings. The fraction of sp³-hybridized carbons (Fsp3) is 0.706. The largest absolute Gasteiger partial charge is 0.515 e. The van der Waals surface area contributed by atoms with Crippen molar-refractivity contribution in [2.75, 3.05) is 126 Å². The van der Waals surface area contributed by atoms with Crippen LogP contribution in [0.1, 0.15) is 150 Å². The molecule has 0 heterocycles. The van der Waals surface area contributed by atoms with Gasteiger partial charge < -0.3 is 89.2 Å². The normalized spacial score (nSPS) is 14.5. The lowest BCUT2D eigenvalue weighted by atomic mass is 9.96. The van der Waals surface area contributed by atoms with Crippen LogP contribution in [0.5, 0.6) is 0 Å². The van der Waals surface area contributed by atoms with Gasteiger partial charge in [-0.2, -0.15) is 0 Å². The topological polar surface area (TPSA) is 189 Å². The van der Waals surface area contributed by atoms with E-state index >= 15 is 0 Å². The maximum absolute atomic E-state index is 6.34. The molecular weight excluding hydrogens is 1250 g/mol. The smallest absolute Gasteiger partial charge is 0.391 e. The van der Waals surface area contributed by atoms with E-state index < -0.39 is 35.2 Å². The number of hydrogen-bond acceptors (Lipinski definition) is 19. The Morgan fingerprint density at radius 1 is 0.489 bits per heavy atom. The second-order valence-electron chi connectivity index (χ2n) is 22.3. The van der Waals surface area contributed by atoms with E-state index in [9.17, 15) is 0 Å². The lowest BCUT2D eigenvalue weighted by Gasteiger charge is -2.32. The Balaban J connectivity index is 0.000000578. The molecule has 2 aliphatic rings. The number of benzene rings is 3. The number of nitrogens with one attached hydrogen (secondary N) is 5. The third kappa shape index (κ3) is 40.8. The van der Waals surface area contributed by atoms with Crippen LogP contribution < -0.4 is 26.6 Å². The van der Waals surface area contributed by atoms with Gasteiger partial charge in [-0.25, -0.2) is 0 Å². The monoisotopic (exact) mass is 1380 g/mol. The predicted octanol–water partition coefficient (Wildman–Crippen LogP) is 12.1. The van der Waals surface area contributed by atoms with Crippen molar-refractivity contribution in [3.05, 3.63) is 115 Å². The lowest BCUT2D eigenvalue weighted by molar-refractivity contribution is -0.0828. The molecule has 0 aliphatic heterocycles. The Kier molecular flexibility index (Phi) is 54.6. The Bertz CT molecular complexity index is 2030. The summed E-state index contributed by atoms with van der Waals surface area (Å²) in [6.07, 6.45) is 21.0. The second kappa shape index (κ2) is 57.5. The van der Waals surface area contributed by atoms with Crippen molar-refractivity contribution >= 4 is 50.4 Å². The molecule has 5 rings (SSSR count). The van der Waals surface area contributed by atoms with E-state index in [0.29, 0.717) is 39.1 Å². The average molecular weight is 1380 g/mol. The summed E-state index contributed by atoms with van der Waals surface area (Å²) in [6.45, 7) is 28.1. The molecule has 0 radical (unpaired) electrons. The summed E-state index contributed by atoms with van der Waals surface area (Å²) in [4.78, 5) is 0. The first-order valence-electron chi connectivity index (χ1n) is 34.6. The Morgan fingerprint density at radius 2 is 0.902 bits per heavy atom. The molecule has 2 saturated carbocycles. The number of anilines is 1. The summed E-state index contributed by atoms with van der Waals surface area (Å²) in [7, 11) is -0.330. The van der Waals surface area contributed by atoms with Crippen LogP contribution in [0, 0.1) is 0 Å². The maximum Gasteiger partial charge on any atom is 0.515 e. The molecule has 3 aromatic rings. The van der Waals surface area contributed by atoms with Crippen molar-refractivity contribution < 1.29 is 62.6 Å². The minimum Gasteiger partial charge on any atom is -0.391 e. The molecule has 0 bridgehead atoms. The second-order valence-corrected chi connectivity index (χ2v) is 35.5. The SMILES string of the molecule is C=CNCCC[Si](OCC)(OCC)OC(C)Cc1ccccc1.CCOC(OCC)[SiH2]CNC1CCCCC1.CCO[Si](CNC1CCCCC1)(OCC)OCC.CO[Si](CCCNCc1ccccc1)(OC)OC.CO[Si](CCCNc1ccccc1)(OC)OC. The van der Waals surface area contributed by atoms with Gasteiger partial charge in [0.25, 0.3) is 0 Å². The van der Waals surface area contributed by atoms with Gasteiger partial charge in [-0.15, -0.1) is 0 Å². The van der Waals surface area contributed by atoms with Gasteiger partial charge in [-0.05, 0) is 149 Å². The Morgan fingerprint density at radius 3 is 1.35 bits per heavy atom. The fourth-order valence-electron chi connectivity index (χ4n) is 10.8. The number of para-hydroxylation sites is 1. The van der Waals surface area contributed by atoms with Crippen molar-refractivity contribution in [3.63, 3.8) is 0 Å². The summed E-state index contributed by atoms with van der Waals surface area (Å²) in [5.74, 6) is 0.117. The minimum absolute atomic E-state index is 0.0644. The third-order valence-electron chi connectivity index (χ3n) is 15.5. The van der Waals surface area contributed by atoms with Gasteiger partial charge in [-0.3, -0.25) is 0 Å². The van der Waals surface area contributed by atoms with E-state index in [1.54, 1.807) is 48.9 Å². The van der Waals surface area contributed by atoms with Gasteiger partial charge >= 0.3 is 35.2 Å². The average Bonchev–Trinajstić information content (AvgIpc) is 1.76. The molecule has 5 N–H and O–H groups in total. The summed E-state index contributed by atoms with van der Waals surface area (Å²) in [5, 5.41) is 17.1. The summed E-state index contributed by atoms with van der Waals surface area (Å²) in [6, 6.07) is 34.7. The molecule has 1 atom stereocenters. The quantitative estimate of drug-likeness (QED) is 0.0204. The summed E-state index contributed by atoms with van der Waals surface area (Å²) >= 11 is 0. The maximum atomic E-state index is 6.34. The summed E-state index contributed by atoms with van der Waals surface area (Å²) in [5.41, 5.74) is 3.70. The number of rotatable bonds is 47. The van der Waals surface area contributed by atoms with Gasteiger partial charge in [0.2, 0.25) is 0 Å². The molecule has 1 unspecified atom stereocenters. The van der Waals surface area contributed by atoms with Crippen LogP contribution in [0.3, 0.4) is 0 Å². The molecule has 0 spiro atoms. The van der Waals surface area contributed by atoms with Crippen LogP contribution in [0.25, 0.3) is 0 Å². The zero-order valence-electron chi connectivity index (χ0n) is 59.9. The standard InChI is InChI=1S/C18H31NO3Si.C13H23NO3Si.C13H29NO3Si.C12H21NO3Si.C12H27NO2Si/c1-5-19-14-11-15-23(20-6-2,21-7-3)22-17(4)16-18-12-9-8-10-13-18;1-15-18(16-2,17-3)11-7-10-14-12-13-8-5-4-6-9-13;1-4-15-18(16-5-2,17-6-3)12-14-13-10-8-7-9-11-13;1-14-17(15-2,16-3)11-7-10-13-12-8-5-4-6-9-12;1-3-14-12(15-4-2)16-10-13-11-8-6-5-7-9-11/h5,8-10,12-13,17,19H,1,6-7,11,14-16H2,2-4H3;4-6,8-9,14H,7,10-12H2,1-3H3;13-14H,4-12H2,1-3H3;4-6,8-9,13H,7,10-11H2,1-3H3;11-13H,3-10,16H2,1-2H3. The molecule has 0 amide bonds. The minimum atomic E-state index is -2.64. The van der Waals surface area contributed by atoms with Gasteiger partial charge in [0.1, 0.15) is 15.4 Å². The molecular formula is C68H131N5O14Si5. The van der Waals surface area contributed by atoms with Gasteiger partial charge in [0, 0.05) is 144 Å². The van der Waals surface area contributed by atoms with Gasteiger partial charge in [0.05, 0.1) is 12.3 Å². The van der Waals surface area contributed by atoms with Gasteiger partial charge in [0.15, 0.2) is 0 Å². The summed E-state index contributed by atoms with van der Waals surface area (Å²) < 4.78 is 79.2. The van der Waals surface area contributed by atoms with Crippen LogP contribution in [-0.2, 0) is 75.6 Å². The predicted molar refractivity (Wildman–Crippen MR) is 389 cm³/mol. The Hall–Kier alpha value is -2.60. The molecule has 0 aromatic heterocycles. The molecule has 2 aliphatic carbocycles. The highest BCUT2D eigenvalue weighted by Gasteiger charge is 2.43. The molecule has 92 heavy (non-hydrogen) atoms. The van der Waals surface area contributed by atoms with Crippen molar-refractivity contribution in [3.8, 4) is 0 Å². The first-order chi connectivity index (χ1) is 44.8. The zero-order valence-corrected chi connectivity index (χ0v) is 65.3. The van der Waals surface area contributed by atoms with Gasteiger partial charge in [-0.1, -0.05) is 124 Å². The molecule has 19 nitrogen and oxygen atoms in total. The lowest BCUT2D eigenvalue weighted by Crippen LogP contribution is -2.56. The molecule has 0 saturated heterocycles. The molecule has 532 valence electrons. The van der Waals surface area contributed by atoms with Crippen molar-refractivity contribution in [2.45, 2.75) is 194 Å². The Labute approximate surface area is 566 Å². The van der Waals surface area contributed by atoms with Crippen LogP contribution in [0.15, 0.2) is 104 Å². The molecule has 24 heteroatoms. The van der Waals surface area contributed by atoms with Crippen LogP contribution in [0.2, 0.25) is 18.1 Å². The number of hydrogen-bond donors (Lipinski definition) is 5. The van der Waals surface area contributed by atoms with Crippen LogP contribution >= 0.6 is 0 Å². The van der Waals surface area contributed by atoms with E-state index in [0.717, 1.165) is 107 Å². The fourth-order valence-corrected chi connectivity index (χ4v) is 21.1. The van der Waals surface area contributed by atoms with Crippen LogP contribution in [-0.4, -0.2) is 190 Å². The van der Waals surface area contributed by atoms with E-state index in [4.69, 9.17) is 62.6 Å². The van der Waals surface area contributed by atoms with E-state index in [2.05, 4.69) is 88.6 Å². The molecule has 3 aromatic carbocycles. The first-order valence-corrected chi connectivity index (χ1v) is 44.1. The highest BCUT2D eigenvalue weighted by Crippen LogP contribution is 2.23. The first kappa shape index (κ1) is 87.4. The van der Waals surface area contributed by atoms with Crippen LogP contribution in [0.4, 0.5) is 5.69 Å². The highest BCUT2D eigenvalue weighted by atomic mass is 28.4. The van der Waals surface area contributed by atoms with Crippen molar-refractivity contribution in [2.24, 2.45) is 0 Å². The highest BCUT2D eigenvalue weighted by molar-refractivity contribution is 6.61.